The van der Waals surface area contributed by atoms with E-state index in [1.807, 2.05) is 0 Å². The zero-order chi connectivity index (χ0) is 13.9. The van der Waals surface area contributed by atoms with Gasteiger partial charge in [-0.2, -0.15) is 13.2 Å². The zero-order valence-electron chi connectivity index (χ0n) is 10.0. The van der Waals surface area contributed by atoms with Crippen LogP contribution < -0.4 is 0 Å². The van der Waals surface area contributed by atoms with Crippen molar-refractivity contribution in [3.8, 4) is 0 Å². The summed E-state index contributed by atoms with van der Waals surface area (Å²) < 4.78 is 50.5. The number of hydrogen-bond acceptors (Lipinski definition) is 1. The summed E-state index contributed by atoms with van der Waals surface area (Å²) in [4.78, 5) is 13.2. The second-order valence-electron chi connectivity index (χ2n) is 3.67. The molecule has 100 valence electrons. The Bertz CT molecular complexity index is 438. The third-order valence-corrected chi connectivity index (χ3v) is 2.57. The topological polar surface area (TPSA) is 20.3 Å². The van der Waals surface area contributed by atoms with Gasteiger partial charge < -0.3 is 4.90 Å². The second kappa shape index (κ2) is 5.37. The summed E-state index contributed by atoms with van der Waals surface area (Å²) in [6.07, 6.45) is -4.80. The summed E-state index contributed by atoms with van der Waals surface area (Å²) in [5, 5.41) is 0. The highest BCUT2D eigenvalue weighted by atomic mass is 19.4. The molecule has 0 aliphatic carbocycles. The van der Waals surface area contributed by atoms with Crippen LogP contribution in [0.1, 0.15) is 29.8 Å². The van der Waals surface area contributed by atoms with E-state index in [0.717, 1.165) is 6.07 Å². The zero-order valence-corrected chi connectivity index (χ0v) is 10.0. The van der Waals surface area contributed by atoms with Crippen LogP contribution in [-0.2, 0) is 6.18 Å². The normalized spacial score (nSPS) is 11.4. The van der Waals surface area contributed by atoms with Crippen molar-refractivity contribution in [2.45, 2.75) is 20.0 Å². The maximum atomic E-state index is 13.0. The Labute approximate surface area is 102 Å². The fraction of sp³-hybridized carbons (Fsp3) is 0.417. The number of rotatable bonds is 3. The Morgan fingerprint density at radius 2 is 1.78 bits per heavy atom. The van der Waals surface area contributed by atoms with Gasteiger partial charge in [-0.15, -0.1) is 0 Å². The molecule has 0 saturated carbocycles. The number of carbonyl (C=O) groups excluding carboxylic acids is 1. The second-order valence-corrected chi connectivity index (χ2v) is 3.67. The lowest BCUT2D eigenvalue weighted by atomic mass is 10.1. The number of benzene rings is 1. The molecule has 0 atom stereocenters. The van der Waals surface area contributed by atoms with Gasteiger partial charge in [-0.1, -0.05) is 0 Å². The van der Waals surface area contributed by atoms with Gasteiger partial charge in [-0.3, -0.25) is 4.79 Å². The highest BCUT2D eigenvalue weighted by molar-refractivity contribution is 5.94. The SMILES string of the molecule is CCN(CC)C(=O)c1ccc(F)c(C(F)(F)F)c1. The van der Waals surface area contributed by atoms with Crippen LogP contribution >= 0.6 is 0 Å². The average molecular weight is 263 g/mol. The Kier molecular flexibility index (Phi) is 4.32. The molecule has 1 aromatic rings. The predicted molar refractivity (Wildman–Crippen MR) is 58.7 cm³/mol. The van der Waals surface area contributed by atoms with E-state index < -0.39 is 23.5 Å². The van der Waals surface area contributed by atoms with E-state index in [9.17, 15) is 22.4 Å². The van der Waals surface area contributed by atoms with Crippen molar-refractivity contribution in [2.75, 3.05) is 13.1 Å². The quantitative estimate of drug-likeness (QED) is 0.766. The number of carbonyl (C=O) groups is 1. The van der Waals surface area contributed by atoms with Gasteiger partial charge >= 0.3 is 6.18 Å². The number of halogens is 4. The molecule has 18 heavy (non-hydrogen) atoms. The van der Waals surface area contributed by atoms with Crippen LogP contribution in [-0.4, -0.2) is 23.9 Å². The van der Waals surface area contributed by atoms with Crippen molar-refractivity contribution < 1.29 is 22.4 Å². The van der Waals surface area contributed by atoms with Gasteiger partial charge in [0.1, 0.15) is 5.82 Å². The molecule has 0 fully saturated rings. The Morgan fingerprint density at radius 3 is 2.22 bits per heavy atom. The van der Waals surface area contributed by atoms with Crippen molar-refractivity contribution >= 4 is 5.91 Å². The Morgan fingerprint density at radius 1 is 1.22 bits per heavy atom. The van der Waals surface area contributed by atoms with Crippen LogP contribution in [0.3, 0.4) is 0 Å². The Hall–Kier alpha value is -1.59. The first-order chi connectivity index (χ1) is 8.31. The van der Waals surface area contributed by atoms with E-state index in [2.05, 4.69) is 0 Å². The van der Waals surface area contributed by atoms with Crippen molar-refractivity contribution in [2.24, 2.45) is 0 Å². The molecule has 6 heteroatoms. The molecule has 0 saturated heterocycles. The lowest BCUT2D eigenvalue weighted by molar-refractivity contribution is -0.140. The summed E-state index contributed by atoms with van der Waals surface area (Å²) in [5.41, 5.74) is -1.58. The van der Waals surface area contributed by atoms with Gasteiger partial charge in [0.15, 0.2) is 0 Å². The minimum absolute atomic E-state index is 0.160. The van der Waals surface area contributed by atoms with Crippen molar-refractivity contribution in [1.29, 1.82) is 0 Å². The van der Waals surface area contributed by atoms with Crippen LogP contribution in [0.4, 0.5) is 17.6 Å². The number of hydrogen-bond donors (Lipinski definition) is 0. The molecule has 0 unspecified atom stereocenters. The maximum absolute atomic E-state index is 13.0. The maximum Gasteiger partial charge on any atom is 0.419 e. The number of amides is 1. The van der Waals surface area contributed by atoms with Crippen LogP contribution in [0.15, 0.2) is 18.2 Å². The summed E-state index contributed by atoms with van der Waals surface area (Å²) in [6, 6.07) is 2.28. The van der Waals surface area contributed by atoms with Gasteiger partial charge in [-0.05, 0) is 32.0 Å². The van der Waals surface area contributed by atoms with Gasteiger partial charge in [0.2, 0.25) is 0 Å². The third kappa shape index (κ3) is 3.00. The van der Waals surface area contributed by atoms with E-state index in [1.54, 1.807) is 13.8 Å². The minimum Gasteiger partial charge on any atom is -0.339 e. The molecule has 0 bridgehead atoms. The van der Waals surface area contributed by atoms with Crippen molar-refractivity contribution in [1.82, 2.24) is 4.90 Å². The highest BCUT2D eigenvalue weighted by Crippen LogP contribution is 2.32. The smallest absolute Gasteiger partial charge is 0.339 e. The van der Waals surface area contributed by atoms with Crippen molar-refractivity contribution in [3.63, 3.8) is 0 Å². The van der Waals surface area contributed by atoms with E-state index in [4.69, 9.17) is 0 Å². The largest absolute Gasteiger partial charge is 0.419 e. The fourth-order valence-corrected chi connectivity index (χ4v) is 1.57. The summed E-state index contributed by atoms with van der Waals surface area (Å²) >= 11 is 0. The first kappa shape index (κ1) is 14.5. The van der Waals surface area contributed by atoms with E-state index in [0.29, 0.717) is 25.2 Å². The molecule has 0 aliphatic heterocycles. The van der Waals surface area contributed by atoms with Gasteiger partial charge in [0, 0.05) is 18.7 Å². The number of nitrogens with zero attached hydrogens (tertiary/aromatic N) is 1. The minimum atomic E-state index is -4.80. The van der Waals surface area contributed by atoms with Gasteiger partial charge in [0.05, 0.1) is 5.56 Å². The van der Waals surface area contributed by atoms with E-state index in [-0.39, 0.29) is 5.56 Å². The molecule has 1 aromatic carbocycles. The molecule has 0 N–H and O–H groups in total. The number of alkyl halides is 3. The standard InChI is InChI=1S/C12H13F4NO/c1-3-17(4-2)11(18)8-5-6-10(13)9(7-8)12(14,15)16/h5-7H,3-4H2,1-2H3. The van der Waals surface area contributed by atoms with Crippen LogP contribution in [0, 0.1) is 5.82 Å². The van der Waals surface area contributed by atoms with E-state index >= 15 is 0 Å². The van der Waals surface area contributed by atoms with Crippen LogP contribution in [0.2, 0.25) is 0 Å². The first-order valence-corrected chi connectivity index (χ1v) is 5.47. The molecule has 1 amide bonds. The van der Waals surface area contributed by atoms with E-state index in [1.165, 1.54) is 4.90 Å². The molecule has 0 heterocycles. The molecule has 0 spiro atoms. The molecular weight excluding hydrogens is 250 g/mol. The fourth-order valence-electron chi connectivity index (χ4n) is 1.57. The molecular formula is C12H13F4NO. The third-order valence-electron chi connectivity index (χ3n) is 2.57. The lowest BCUT2D eigenvalue weighted by Crippen LogP contribution is -2.30. The molecule has 1 rings (SSSR count). The molecule has 2 nitrogen and oxygen atoms in total. The average Bonchev–Trinajstić information content (AvgIpc) is 2.29. The monoisotopic (exact) mass is 263 g/mol. The molecule has 0 aromatic heterocycles. The van der Waals surface area contributed by atoms with Crippen LogP contribution in [0.5, 0.6) is 0 Å². The van der Waals surface area contributed by atoms with Gasteiger partial charge in [0.25, 0.3) is 5.91 Å². The van der Waals surface area contributed by atoms with Crippen LogP contribution in [0.25, 0.3) is 0 Å². The highest BCUT2D eigenvalue weighted by Gasteiger charge is 2.34. The first-order valence-electron chi connectivity index (χ1n) is 5.47. The molecule has 0 radical (unpaired) electrons. The van der Waals surface area contributed by atoms with Gasteiger partial charge in [-0.25, -0.2) is 4.39 Å². The van der Waals surface area contributed by atoms with Crippen molar-refractivity contribution in [3.05, 3.63) is 35.1 Å². The lowest BCUT2D eigenvalue weighted by Gasteiger charge is -2.19. The Balaban J connectivity index is 3.17. The summed E-state index contributed by atoms with van der Waals surface area (Å²) in [7, 11) is 0. The predicted octanol–water partition coefficient (Wildman–Crippen LogP) is 3.33. The summed E-state index contributed by atoms with van der Waals surface area (Å²) in [6.45, 7) is 4.20. The summed E-state index contributed by atoms with van der Waals surface area (Å²) in [5.74, 6) is -1.91. The molecule has 0 aliphatic rings.